The van der Waals surface area contributed by atoms with Crippen molar-refractivity contribution in [3.8, 4) is 0 Å². The number of hydrogen-bond donors (Lipinski definition) is 1. The van der Waals surface area contributed by atoms with E-state index in [0.717, 1.165) is 31.7 Å². The van der Waals surface area contributed by atoms with Gasteiger partial charge in [0.1, 0.15) is 5.82 Å². The molecule has 4 nitrogen and oxygen atoms in total. The minimum atomic E-state index is 0.106. The van der Waals surface area contributed by atoms with Gasteiger partial charge >= 0.3 is 0 Å². The minimum absolute atomic E-state index is 0.106. The molecule has 0 aliphatic carbocycles. The molecule has 1 aliphatic heterocycles. The second-order valence-corrected chi connectivity index (χ2v) is 6.48. The van der Waals surface area contributed by atoms with Gasteiger partial charge in [0.15, 0.2) is 0 Å². The average molecular weight is 275 g/mol. The van der Waals surface area contributed by atoms with Crippen LogP contribution in [0.4, 0.5) is 5.82 Å². The number of carbonyl (C=O) groups excluding carboxylic acids is 1. The summed E-state index contributed by atoms with van der Waals surface area (Å²) in [6.45, 7) is 8.63. The van der Waals surface area contributed by atoms with Crippen LogP contribution < -0.4 is 5.32 Å². The van der Waals surface area contributed by atoms with Crippen LogP contribution in [0.1, 0.15) is 45.6 Å². The van der Waals surface area contributed by atoms with Crippen LogP contribution >= 0.6 is 0 Å². The van der Waals surface area contributed by atoms with Gasteiger partial charge in [-0.15, -0.1) is 0 Å². The number of rotatable bonds is 3. The molecule has 0 radical (unpaired) electrons. The van der Waals surface area contributed by atoms with Crippen molar-refractivity contribution in [1.29, 1.82) is 0 Å². The van der Waals surface area contributed by atoms with E-state index >= 15 is 0 Å². The van der Waals surface area contributed by atoms with Gasteiger partial charge in [0.25, 0.3) is 0 Å². The van der Waals surface area contributed by atoms with Gasteiger partial charge in [0.05, 0.1) is 6.54 Å². The predicted molar refractivity (Wildman–Crippen MR) is 81.9 cm³/mol. The molecule has 2 heterocycles. The van der Waals surface area contributed by atoms with E-state index in [-0.39, 0.29) is 11.3 Å². The fourth-order valence-electron chi connectivity index (χ4n) is 2.36. The Morgan fingerprint density at radius 1 is 1.25 bits per heavy atom. The highest BCUT2D eigenvalue weighted by Crippen LogP contribution is 2.21. The standard InChI is InChI=1S/C16H25N3O/c1-16(2,3)13-7-8-14(17-11-13)18-12-15(20)19-9-5-4-6-10-19/h7-8,11H,4-6,9-10,12H2,1-3H3,(H,17,18). The summed E-state index contributed by atoms with van der Waals surface area (Å²) in [5.74, 6) is 0.940. The van der Waals surface area contributed by atoms with Crippen molar-refractivity contribution in [1.82, 2.24) is 9.88 Å². The van der Waals surface area contributed by atoms with Gasteiger partial charge in [-0.05, 0) is 36.3 Å². The minimum Gasteiger partial charge on any atom is -0.361 e. The third-order valence-corrected chi connectivity index (χ3v) is 3.76. The normalized spacial score (nSPS) is 16.1. The number of nitrogens with zero attached hydrogens (tertiary/aromatic N) is 2. The molecule has 1 amide bonds. The number of nitrogens with one attached hydrogen (secondary N) is 1. The maximum Gasteiger partial charge on any atom is 0.241 e. The Kier molecular flexibility index (Phi) is 4.63. The molecule has 1 aliphatic rings. The van der Waals surface area contributed by atoms with E-state index in [1.54, 1.807) is 0 Å². The summed E-state index contributed by atoms with van der Waals surface area (Å²) in [5.41, 5.74) is 1.31. The Bertz CT molecular complexity index is 442. The highest BCUT2D eigenvalue weighted by molar-refractivity contribution is 5.80. The quantitative estimate of drug-likeness (QED) is 0.922. The smallest absolute Gasteiger partial charge is 0.241 e. The van der Waals surface area contributed by atoms with Gasteiger partial charge in [-0.1, -0.05) is 26.8 Å². The van der Waals surface area contributed by atoms with Crippen molar-refractivity contribution in [3.05, 3.63) is 23.9 Å². The molecule has 0 unspecified atom stereocenters. The largest absolute Gasteiger partial charge is 0.361 e. The van der Waals surface area contributed by atoms with E-state index in [2.05, 4.69) is 37.1 Å². The lowest BCUT2D eigenvalue weighted by atomic mass is 9.88. The Morgan fingerprint density at radius 2 is 1.95 bits per heavy atom. The Hall–Kier alpha value is -1.58. The van der Waals surface area contributed by atoms with Crippen LogP contribution in [-0.2, 0) is 10.2 Å². The summed E-state index contributed by atoms with van der Waals surface area (Å²) < 4.78 is 0. The van der Waals surface area contributed by atoms with Gasteiger partial charge < -0.3 is 10.2 Å². The van der Waals surface area contributed by atoms with Crippen LogP contribution in [0.5, 0.6) is 0 Å². The molecule has 1 fully saturated rings. The Morgan fingerprint density at radius 3 is 2.50 bits per heavy atom. The summed E-state index contributed by atoms with van der Waals surface area (Å²) in [6.07, 6.45) is 5.38. The summed E-state index contributed by atoms with van der Waals surface area (Å²) in [4.78, 5) is 18.4. The number of hydrogen-bond acceptors (Lipinski definition) is 3. The van der Waals surface area contributed by atoms with E-state index in [1.165, 1.54) is 12.0 Å². The zero-order chi connectivity index (χ0) is 14.6. The molecule has 2 rings (SSSR count). The molecular formula is C16H25N3O. The number of anilines is 1. The first-order valence-electron chi connectivity index (χ1n) is 7.45. The lowest BCUT2D eigenvalue weighted by molar-refractivity contribution is -0.130. The van der Waals surface area contributed by atoms with Crippen molar-refractivity contribution in [2.45, 2.75) is 45.4 Å². The number of aromatic nitrogens is 1. The second kappa shape index (κ2) is 6.25. The van der Waals surface area contributed by atoms with E-state index in [1.807, 2.05) is 17.2 Å². The molecule has 4 heteroatoms. The summed E-state index contributed by atoms with van der Waals surface area (Å²) in [6, 6.07) is 4.02. The molecule has 1 saturated heterocycles. The molecule has 1 aromatic rings. The molecule has 0 aromatic carbocycles. The first kappa shape index (κ1) is 14.8. The maximum absolute atomic E-state index is 12.0. The van der Waals surface area contributed by atoms with Gasteiger partial charge in [0.2, 0.25) is 5.91 Å². The zero-order valence-corrected chi connectivity index (χ0v) is 12.8. The van der Waals surface area contributed by atoms with Crippen LogP contribution in [0.2, 0.25) is 0 Å². The molecule has 110 valence electrons. The highest BCUT2D eigenvalue weighted by atomic mass is 16.2. The summed E-state index contributed by atoms with van der Waals surface area (Å²) in [7, 11) is 0. The lowest BCUT2D eigenvalue weighted by Crippen LogP contribution is -2.39. The first-order chi connectivity index (χ1) is 9.47. The molecular weight excluding hydrogens is 250 g/mol. The van der Waals surface area contributed by atoms with Gasteiger partial charge in [-0.3, -0.25) is 4.79 Å². The van der Waals surface area contributed by atoms with Crippen molar-refractivity contribution in [2.24, 2.45) is 0 Å². The fourth-order valence-corrected chi connectivity index (χ4v) is 2.36. The maximum atomic E-state index is 12.0. The van der Waals surface area contributed by atoms with E-state index in [0.29, 0.717) is 6.54 Å². The third kappa shape index (κ3) is 3.95. The van der Waals surface area contributed by atoms with Crippen molar-refractivity contribution >= 4 is 11.7 Å². The summed E-state index contributed by atoms with van der Waals surface area (Å²) >= 11 is 0. The molecule has 0 bridgehead atoms. The van der Waals surface area contributed by atoms with Crippen LogP contribution in [0.3, 0.4) is 0 Å². The molecule has 0 atom stereocenters. The molecule has 0 spiro atoms. The number of pyridine rings is 1. The molecule has 1 N–H and O–H groups in total. The van der Waals surface area contributed by atoms with Gasteiger partial charge in [-0.25, -0.2) is 4.98 Å². The molecule has 0 saturated carbocycles. The number of likely N-dealkylation sites (tertiary alicyclic amines) is 1. The van der Waals surface area contributed by atoms with Crippen LogP contribution in [0.25, 0.3) is 0 Å². The monoisotopic (exact) mass is 275 g/mol. The number of amides is 1. The van der Waals surface area contributed by atoms with E-state index in [9.17, 15) is 4.79 Å². The topological polar surface area (TPSA) is 45.2 Å². The van der Waals surface area contributed by atoms with Gasteiger partial charge in [0, 0.05) is 19.3 Å². The third-order valence-electron chi connectivity index (χ3n) is 3.76. The molecule has 1 aromatic heterocycles. The van der Waals surface area contributed by atoms with E-state index in [4.69, 9.17) is 0 Å². The number of piperidine rings is 1. The molecule has 20 heavy (non-hydrogen) atoms. The predicted octanol–water partition coefficient (Wildman–Crippen LogP) is 2.80. The van der Waals surface area contributed by atoms with Crippen LogP contribution in [0.15, 0.2) is 18.3 Å². The zero-order valence-electron chi connectivity index (χ0n) is 12.8. The average Bonchev–Trinajstić information content (AvgIpc) is 2.45. The van der Waals surface area contributed by atoms with Crippen molar-refractivity contribution in [2.75, 3.05) is 25.0 Å². The van der Waals surface area contributed by atoms with Crippen LogP contribution in [0, 0.1) is 0 Å². The number of carbonyl (C=O) groups is 1. The second-order valence-electron chi connectivity index (χ2n) is 6.48. The van der Waals surface area contributed by atoms with Crippen LogP contribution in [-0.4, -0.2) is 35.4 Å². The fraction of sp³-hybridized carbons (Fsp3) is 0.625. The highest BCUT2D eigenvalue weighted by Gasteiger charge is 2.16. The SMILES string of the molecule is CC(C)(C)c1ccc(NCC(=O)N2CCCCC2)nc1. The Balaban J connectivity index is 1.86. The van der Waals surface area contributed by atoms with Crippen molar-refractivity contribution < 1.29 is 4.79 Å². The Labute approximate surface area is 121 Å². The summed E-state index contributed by atoms with van der Waals surface area (Å²) in [5, 5.41) is 3.12. The van der Waals surface area contributed by atoms with Gasteiger partial charge in [-0.2, -0.15) is 0 Å². The van der Waals surface area contributed by atoms with E-state index < -0.39 is 0 Å². The first-order valence-corrected chi connectivity index (χ1v) is 7.45. The van der Waals surface area contributed by atoms with Crippen molar-refractivity contribution in [3.63, 3.8) is 0 Å². The lowest BCUT2D eigenvalue weighted by Gasteiger charge is -2.26.